The molecule has 110 valence electrons. The zero-order valence-corrected chi connectivity index (χ0v) is 12.0. The van der Waals surface area contributed by atoms with Crippen LogP contribution in [0.1, 0.15) is 5.56 Å². The van der Waals surface area contributed by atoms with E-state index in [0.29, 0.717) is 5.69 Å². The predicted molar refractivity (Wildman–Crippen MR) is 85.2 cm³/mol. The Labute approximate surface area is 128 Å². The maximum Gasteiger partial charge on any atom is 0.267 e. The molecular formula is C17H15N3O2. The lowest BCUT2D eigenvalue weighted by Gasteiger charge is -2.05. The van der Waals surface area contributed by atoms with Crippen LogP contribution < -0.4 is 10.6 Å². The van der Waals surface area contributed by atoms with E-state index in [1.54, 1.807) is 12.1 Å². The molecule has 22 heavy (non-hydrogen) atoms. The average molecular weight is 293 g/mol. The lowest BCUT2D eigenvalue weighted by atomic mass is 10.2. The highest BCUT2D eigenvalue weighted by atomic mass is 16.3. The number of carbonyl (C=O) groups is 1. The summed E-state index contributed by atoms with van der Waals surface area (Å²) in [6.45, 7) is 1.98. The summed E-state index contributed by atoms with van der Waals surface area (Å²) in [7, 11) is 0. The molecule has 5 heteroatoms. The van der Waals surface area contributed by atoms with Gasteiger partial charge in [0.05, 0.1) is 0 Å². The van der Waals surface area contributed by atoms with Crippen molar-refractivity contribution in [3.63, 3.8) is 0 Å². The predicted octanol–water partition coefficient (Wildman–Crippen LogP) is 3.16. The first-order valence-electron chi connectivity index (χ1n) is 6.62. The number of rotatable bonds is 4. The first-order valence-corrected chi connectivity index (χ1v) is 6.62. The van der Waals surface area contributed by atoms with E-state index in [1.165, 1.54) is 18.3 Å². The Bertz CT molecular complexity index is 743. The molecule has 5 nitrogen and oxygen atoms in total. The molecule has 0 saturated carbocycles. The van der Waals surface area contributed by atoms with Crippen LogP contribution in [0.3, 0.4) is 0 Å². The van der Waals surface area contributed by atoms with Crippen LogP contribution in [0, 0.1) is 18.3 Å². The van der Waals surface area contributed by atoms with Crippen molar-refractivity contribution in [1.82, 2.24) is 0 Å². The summed E-state index contributed by atoms with van der Waals surface area (Å²) < 4.78 is 0. The Balaban J connectivity index is 2.07. The third kappa shape index (κ3) is 4.12. The summed E-state index contributed by atoms with van der Waals surface area (Å²) in [6, 6.07) is 15.5. The number of hydrogen-bond acceptors (Lipinski definition) is 4. The zero-order chi connectivity index (χ0) is 15.9. The molecule has 0 unspecified atom stereocenters. The molecule has 0 fully saturated rings. The molecule has 2 rings (SSSR count). The highest BCUT2D eigenvalue weighted by molar-refractivity contribution is 6.06. The molecule has 0 heterocycles. The van der Waals surface area contributed by atoms with Crippen LogP contribution in [0.15, 0.2) is 60.3 Å². The largest absolute Gasteiger partial charge is 0.508 e. The number of amides is 1. The van der Waals surface area contributed by atoms with Gasteiger partial charge in [-0.05, 0) is 31.2 Å². The van der Waals surface area contributed by atoms with E-state index in [0.717, 1.165) is 11.3 Å². The van der Waals surface area contributed by atoms with Crippen LogP contribution in [-0.4, -0.2) is 11.0 Å². The van der Waals surface area contributed by atoms with Gasteiger partial charge in [-0.2, -0.15) is 5.26 Å². The minimum absolute atomic E-state index is 0.0399. The number of phenolic OH excluding ortho intramolecular Hbond substituents is 1. The first kappa shape index (κ1) is 15.1. The van der Waals surface area contributed by atoms with Crippen LogP contribution in [0.2, 0.25) is 0 Å². The summed E-state index contributed by atoms with van der Waals surface area (Å²) in [5.74, 6) is -0.509. The Morgan fingerprint density at radius 2 is 1.91 bits per heavy atom. The van der Waals surface area contributed by atoms with Gasteiger partial charge < -0.3 is 15.7 Å². The Kier molecular flexibility index (Phi) is 4.78. The first-order chi connectivity index (χ1) is 10.6. The van der Waals surface area contributed by atoms with Crippen molar-refractivity contribution < 1.29 is 9.90 Å². The summed E-state index contributed by atoms with van der Waals surface area (Å²) >= 11 is 0. The van der Waals surface area contributed by atoms with Crippen LogP contribution in [-0.2, 0) is 4.79 Å². The van der Waals surface area contributed by atoms with Crippen molar-refractivity contribution >= 4 is 17.3 Å². The molecule has 0 spiro atoms. The molecule has 0 aliphatic rings. The van der Waals surface area contributed by atoms with E-state index in [-0.39, 0.29) is 11.3 Å². The Hall–Kier alpha value is -3.26. The lowest BCUT2D eigenvalue weighted by molar-refractivity contribution is -0.112. The van der Waals surface area contributed by atoms with Gasteiger partial charge >= 0.3 is 0 Å². The van der Waals surface area contributed by atoms with Crippen molar-refractivity contribution in [2.75, 3.05) is 10.6 Å². The van der Waals surface area contributed by atoms with E-state index < -0.39 is 5.91 Å². The number of benzene rings is 2. The third-order valence-electron chi connectivity index (χ3n) is 2.90. The van der Waals surface area contributed by atoms with E-state index in [9.17, 15) is 9.90 Å². The molecule has 1 amide bonds. The SMILES string of the molecule is Cc1ccc(N/C=C(/C#N)C(=O)Nc2cccc(O)c2)cc1. The number of nitrogens with one attached hydrogen (secondary N) is 2. The molecule has 3 N–H and O–H groups in total. The second-order valence-corrected chi connectivity index (χ2v) is 4.68. The number of aryl methyl sites for hydroxylation is 1. The van der Waals surface area contributed by atoms with Crippen LogP contribution in [0.25, 0.3) is 0 Å². The number of carbonyl (C=O) groups excluding carboxylic acids is 1. The number of aromatic hydroxyl groups is 1. The molecule has 0 saturated heterocycles. The van der Waals surface area contributed by atoms with E-state index in [1.807, 2.05) is 37.3 Å². The maximum atomic E-state index is 12.0. The van der Waals surface area contributed by atoms with E-state index >= 15 is 0 Å². The fraction of sp³-hybridized carbons (Fsp3) is 0.0588. The number of hydrogen-bond donors (Lipinski definition) is 3. The van der Waals surface area contributed by atoms with E-state index in [2.05, 4.69) is 10.6 Å². The second kappa shape index (κ2) is 6.95. The summed E-state index contributed by atoms with van der Waals surface area (Å²) in [5, 5.41) is 23.9. The van der Waals surface area contributed by atoms with Gasteiger partial charge in [-0.15, -0.1) is 0 Å². The third-order valence-corrected chi connectivity index (χ3v) is 2.90. The van der Waals surface area contributed by atoms with Crippen molar-refractivity contribution in [3.8, 4) is 11.8 Å². The summed E-state index contributed by atoms with van der Waals surface area (Å²) in [4.78, 5) is 12.0. The van der Waals surface area contributed by atoms with Crippen molar-refractivity contribution in [2.24, 2.45) is 0 Å². The van der Waals surface area contributed by atoms with Gasteiger partial charge in [0.25, 0.3) is 5.91 Å². The van der Waals surface area contributed by atoms with Crippen molar-refractivity contribution in [1.29, 1.82) is 5.26 Å². The molecule has 0 radical (unpaired) electrons. The minimum Gasteiger partial charge on any atom is -0.508 e. The van der Waals surface area contributed by atoms with Gasteiger partial charge in [0.1, 0.15) is 17.4 Å². The van der Waals surface area contributed by atoms with Crippen LogP contribution in [0.4, 0.5) is 11.4 Å². The van der Waals surface area contributed by atoms with Crippen molar-refractivity contribution in [2.45, 2.75) is 6.92 Å². The fourth-order valence-electron chi connectivity index (χ4n) is 1.74. The molecule has 2 aromatic carbocycles. The Morgan fingerprint density at radius 1 is 1.18 bits per heavy atom. The quantitative estimate of drug-likeness (QED) is 0.597. The molecule has 0 aliphatic carbocycles. The molecule has 0 aromatic heterocycles. The van der Waals surface area contributed by atoms with Gasteiger partial charge in [-0.25, -0.2) is 0 Å². The monoisotopic (exact) mass is 293 g/mol. The molecule has 0 aliphatic heterocycles. The minimum atomic E-state index is -0.548. The normalized spacial score (nSPS) is 10.6. The average Bonchev–Trinajstić information content (AvgIpc) is 2.49. The fourth-order valence-corrected chi connectivity index (χ4v) is 1.74. The molecular weight excluding hydrogens is 278 g/mol. The summed E-state index contributed by atoms with van der Waals surface area (Å²) in [5.41, 5.74) is 2.26. The zero-order valence-electron chi connectivity index (χ0n) is 12.0. The number of nitriles is 1. The van der Waals surface area contributed by atoms with Crippen molar-refractivity contribution in [3.05, 3.63) is 65.9 Å². The smallest absolute Gasteiger partial charge is 0.267 e. The van der Waals surface area contributed by atoms with Gasteiger partial charge in [-0.3, -0.25) is 4.79 Å². The van der Waals surface area contributed by atoms with E-state index in [4.69, 9.17) is 5.26 Å². The number of phenols is 1. The molecule has 2 aromatic rings. The van der Waals surface area contributed by atoms with Gasteiger partial charge in [0.15, 0.2) is 0 Å². The highest BCUT2D eigenvalue weighted by Crippen LogP contribution is 2.16. The summed E-state index contributed by atoms with van der Waals surface area (Å²) in [6.07, 6.45) is 1.35. The molecule has 0 bridgehead atoms. The van der Waals surface area contributed by atoms with Crippen LogP contribution >= 0.6 is 0 Å². The highest BCUT2D eigenvalue weighted by Gasteiger charge is 2.09. The maximum absolute atomic E-state index is 12.0. The second-order valence-electron chi connectivity index (χ2n) is 4.68. The lowest BCUT2D eigenvalue weighted by Crippen LogP contribution is -2.14. The topological polar surface area (TPSA) is 85.2 Å². The van der Waals surface area contributed by atoms with Gasteiger partial charge in [0.2, 0.25) is 0 Å². The van der Waals surface area contributed by atoms with Crippen LogP contribution in [0.5, 0.6) is 5.75 Å². The Morgan fingerprint density at radius 3 is 2.55 bits per heavy atom. The molecule has 0 atom stereocenters. The number of anilines is 2. The number of nitrogens with zero attached hydrogens (tertiary/aromatic N) is 1. The standard InChI is InChI=1S/C17H15N3O2/c1-12-5-7-14(8-6-12)19-11-13(10-18)17(22)20-15-3-2-4-16(21)9-15/h2-9,11,19,21H,1H3,(H,20,22)/b13-11-. The van der Waals surface area contributed by atoms with Gasteiger partial charge in [0, 0.05) is 23.6 Å². The van der Waals surface area contributed by atoms with Gasteiger partial charge in [-0.1, -0.05) is 23.8 Å².